The number of nitrogens with two attached hydrogens (primary N) is 2. The molecule has 40 heavy (non-hydrogen) atoms. The Morgan fingerprint density at radius 2 is 1.73 bits per heavy atom. The molecule has 1 fully saturated rings. The highest BCUT2D eigenvalue weighted by atomic mass is 35.5. The van der Waals surface area contributed by atoms with Crippen molar-refractivity contribution in [1.82, 2.24) is 5.32 Å². The van der Waals surface area contributed by atoms with Gasteiger partial charge in [0, 0.05) is 27.6 Å². The molecule has 0 saturated carbocycles. The number of rotatable bonds is 7. The minimum Gasteiger partial charge on any atom is -0.491 e. The second-order valence-electron chi connectivity index (χ2n) is 10.00. The summed E-state index contributed by atoms with van der Waals surface area (Å²) in [5.41, 5.74) is 11.0. The van der Waals surface area contributed by atoms with Crippen LogP contribution in [0.4, 0.5) is 16.2 Å². The van der Waals surface area contributed by atoms with Crippen molar-refractivity contribution in [2.75, 3.05) is 12.0 Å². The number of aryl methyl sites for hydroxylation is 2. The molecule has 1 atom stereocenters. The van der Waals surface area contributed by atoms with Crippen molar-refractivity contribution in [3.8, 4) is 5.75 Å². The lowest BCUT2D eigenvalue weighted by Crippen LogP contribution is -2.78. The van der Waals surface area contributed by atoms with E-state index in [9.17, 15) is 9.59 Å². The zero-order valence-corrected chi connectivity index (χ0v) is 24.4. The van der Waals surface area contributed by atoms with Crippen LogP contribution < -0.4 is 26.0 Å². The Balaban J connectivity index is 2.04. The van der Waals surface area contributed by atoms with Crippen LogP contribution in [0.25, 0.3) is 0 Å². The van der Waals surface area contributed by atoms with Crippen molar-refractivity contribution in [3.05, 3.63) is 98.2 Å². The minimum atomic E-state index is -0.686. The van der Waals surface area contributed by atoms with Crippen molar-refractivity contribution in [1.29, 1.82) is 5.41 Å². The van der Waals surface area contributed by atoms with Crippen LogP contribution in [0.15, 0.2) is 65.9 Å². The number of quaternary nitrogens is 1. The maximum atomic E-state index is 13.6. The number of benzene rings is 3. The van der Waals surface area contributed by atoms with Crippen LogP contribution in [0.3, 0.4) is 0 Å². The number of amides is 3. The quantitative estimate of drug-likeness (QED) is 0.265. The number of nitrogens with zero attached hydrogens (tertiary/aromatic N) is 1. The Hall–Kier alpha value is -3.85. The Bertz CT molecular complexity index is 1550. The molecule has 10 heteroatoms. The van der Waals surface area contributed by atoms with Gasteiger partial charge in [0.05, 0.1) is 24.4 Å². The van der Waals surface area contributed by atoms with E-state index in [1.807, 2.05) is 51.2 Å². The van der Waals surface area contributed by atoms with Crippen LogP contribution in [-0.4, -0.2) is 24.9 Å². The third-order valence-electron chi connectivity index (χ3n) is 6.97. The zero-order chi connectivity index (χ0) is 29.3. The molecule has 0 aliphatic carbocycles. The molecule has 0 spiro atoms. The number of carbonyl (C=O) groups is 2. The summed E-state index contributed by atoms with van der Waals surface area (Å²) in [6.07, 6.45) is 0. The summed E-state index contributed by atoms with van der Waals surface area (Å²) < 4.78 is 5.59. The summed E-state index contributed by atoms with van der Waals surface area (Å²) in [5.74, 6) is -0.141. The van der Waals surface area contributed by atoms with E-state index in [4.69, 9.17) is 39.1 Å². The first-order valence-corrected chi connectivity index (χ1v) is 13.5. The molecule has 8 nitrogen and oxygen atoms in total. The molecule has 1 aliphatic heterocycles. The van der Waals surface area contributed by atoms with Crippen molar-refractivity contribution in [3.63, 3.8) is 0 Å². The summed E-state index contributed by atoms with van der Waals surface area (Å²) in [6, 6.07) is 14.7. The van der Waals surface area contributed by atoms with E-state index in [1.54, 1.807) is 48.4 Å². The predicted molar refractivity (Wildman–Crippen MR) is 159 cm³/mol. The number of primary amides is 1. The molecule has 6 N–H and O–H groups in total. The molecule has 208 valence electrons. The smallest absolute Gasteiger partial charge is 0.328 e. The molecule has 3 aromatic carbocycles. The van der Waals surface area contributed by atoms with Gasteiger partial charge < -0.3 is 10.5 Å². The van der Waals surface area contributed by atoms with E-state index in [0.717, 1.165) is 22.4 Å². The number of halogens is 2. The van der Waals surface area contributed by atoms with Gasteiger partial charge in [-0.25, -0.2) is 4.79 Å². The molecule has 4 rings (SSSR count). The van der Waals surface area contributed by atoms with E-state index >= 15 is 0 Å². The van der Waals surface area contributed by atoms with Crippen molar-refractivity contribution in [2.45, 2.75) is 33.7 Å². The Labute approximate surface area is 243 Å². The van der Waals surface area contributed by atoms with Crippen LogP contribution in [0.1, 0.15) is 46.9 Å². The lowest BCUT2D eigenvalue weighted by molar-refractivity contribution is -0.526. The fourth-order valence-corrected chi connectivity index (χ4v) is 5.37. The first kappa shape index (κ1) is 29.1. The number of nitrogens with one attached hydrogen (secondary N) is 2. The van der Waals surface area contributed by atoms with E-state index in [0.29, 0.717) is 38.3 Å². The van der Waals surface area contributed by atoms with Gasteiger partial charge in [0.15, 0.2) is 11.4 Å². The van der Waals surface area contributed by atoms with Gasteiger partial charge in [-0.2, -0.15) is 0 Å². The molecule has 1 saturated heterocycles. The number of ether oxygens (including phenoxy) is 1. The lowest BCUT2D eigenvalue weighted by Gasteiger charge is -2.40. The molecule has 0 radical (unpaired) electrons. The average Bonchev–Trinajstić information content (AvgIpc) is 2.89. The topological polar surface area (TPSA) is 125 Å². The van der Waals surface area contributed by atoms with Gasteiger partial charge in [-0.15, -0.1) is 0 Å². The summed E-state index contributed by atoms with van der Waals surface area (Å²) >= 11 is 12.7. The Morgan fingerprint density at radius 3 is 2.35 bits per heavy atom. The molecule has 1 unspecified atom stereocenters. The van der Waals surface area contributed by atoms with Crippen molar-refractivity contribution >= 4 is 52.4 Å². The molecular formula is C30H32Cl2N5O3+. The first-order valence-electron chi connectivity index (χ1n) is 12.7. The van der Waals surface area contributed by atoms with Gasteiger partial charge in [-0.05, 0) is 66.9 Å². The molecule has 3 aromatic rings. The average molecular weight is 582 g/mol. The maximum Gasteiger partial charge on any atom is 0.328 e. The number of carbonyl (C=O) groups excluding carboxylic acids is 2. The SMILES string of the molecule is COc1ccc(C(N)=O)cc1[NH2+]/C(=C1\C(=N)NC(=O)N(c2cc(Cl)ccc2C)C1c1ccc(Cl)cc1C)C(C)C. The van der Waals surface area contributed by atoms with Gasteiger partial charge in [-0.1, -0.05) is 49.2 Å². The second-order valence-corrected chi connectivity index (χ2v) is 10.9. The maximum absolute atomic E-state index is 13.6. The highest BCUT2D eigenvalue weighted by Gasteiger charge is 2.42. The van der Waals surface area contributed by atoms with E-state index in [2.05, 4.69) is 5.32 Å². The Morgan fingerprint density at radius 1 is 1.05 bits per heavy atom. The highest BCUT2D eigenvalue weighted by Crippen LogP contribution is 2.41. The van der Waals surface area contributed by atoms with Crippen LogP contribution in [0, 0.1) is 25.2 Å². The number of anilines is 1. The van der Waals surface area contributed by atoms with Crippen LogP contribution in [0.5, 0.6) is 5.75 Å². The standard InChI is InChI=1S/C30H31Cl2N5O3/c1-15(2)26(35-22-13-18(29(34)38)7-11-24(22)40-5)25-27(21-10-9-19(31)12-17(21)4)37(30(39)36-28(25)33)23-14-20(32)8-6-16(23)3/h6-15,27,35H,1-5H3,(H2,34,38)(H2,33,36,39)/p+1/b26-25-. The predicted octanol–water partition coefficient (Wildman–Crippen LogP) is 5.77. The molecule has 0 aromatic heterocycles. The third-order valence-corrected chi connectivity index (χ3v) is 7.44. The van der Waals surface area contributed by atoms with E-state index in [-0.39, 0.29) is 11.8 Å². The fraction of sp³-hybridized carbons (Fsp3) is 0.233. The molecular weight excluding hydrogens is 549 g/mol. The molecule has 1 aliphatic rings. The largest absolute Gasteiger partial charge is 0.491 e. The van der Waals surface area contributed by atoms with Crippen LogP contribution in [-0.2, 0) is 0 Å². The third kappa shape index (κ3) is 5.70. The van der Waals surface area contributed by atoms with E-state index < -0.39 is 18.0 Å². The number of methoxy groups -OCH3 is 1. The number of amidine groups is 1. The van der Waals surface area contributed by atoms with E-state index in [1.165, 1.54) is 0 Å². The summed E-state index contributed by atoms with van der Waals surface area (Å²) in [5, 5.41) is 14.7. The molecule has 3 amide bonds. The second kappa shape index (κ2) is 11.7. The van der Waals surface area contributed by atoms with Gasteiger partial charge in [-0.3, -0.25) is 25.7 Å². The Kier molecular flexibility index (Phi) is 8.54. The van der Waals surface area contributed by atoms with Gasteiger partial charge >= 0.3 is 6.03 Å². The normalized spacial score (nSPS) is 16.7. The fourth-order valence-electron chi connectivity index (χ4n) is 4.97. The molecule has 1 heterocycles. The van der Waals surface area contributed by atoms with Crippen molar-refractivity contribution < 1.29 is 19.6 Å². The number of hydrogen-bond donors (Lipinski definition) is 4. The lowest BCUT2D eigenvalue weighted by atomic mass is 9.86. The summed E-state index contributed by atoms with van der Waals surface area (Å²) in [7, 11) is 1.55. The summed E-state index contributed by atoms with van der Waals surface area (Å²) in [6.45, 7) is 7.85. The van der Waals surface area contributed by atoms with Gasteiger partial charge in [0.1, 0.15) is 11.5 Å². The zero-order valence-electron chi connectivity index (χ0n) is 22.9. The first-order chi connectivity index (χ1) is 18.9. The van der Waals surface area contributed by atoms with Crippen LogP contribution in [0.2, 0.25) is 10.0 Å². The van der Waals surface area contributed by atoms with Crippen molar-refractivity contribution in [2.24, 2.45) is 11.7 Å². The number of hydrogen-bond acceptors (Lipinski definition) is 4. The minimum absolute atomic E-state index is 0.0229. The van der Waals surface area contributed by atoms with Crippen LogP contribution >= 0.6 is 23.2 Å². The monoisotopic (exact) mass is 580 g/mol. The summed E-state index contributed by atoms with van der Waals surface area (Å²) in [4.78, 5) is 27.3. The molecule has 0 bridgehead atoms. The number of allylic oxidation sites excluding steroid dienone is 1. The highest BCUT2D eigenvalue weighted by molar-refractivity contribution is 6.31. The van der Waals surface area contributed by atoms with Gasteiger partial charge in [0.2, 0.25) is 5.91 Å². The van der Waals surface area contributed by atoms with Gasteiger partial charge in [0.25, 0.3) is 0 Å². The number of urea groups is 1.